The Morgan fingerprint density at radius 1 is 0.932 bits per heavy atom. The standard InChI is InChI=1S/C42H50N8O9/c1-27-38(46-47-50(27)29-8-6-9-30(25-29)55-5)39(52)44-34-24-28(42(2,3)4)12-14-36(34)59-23-22-58-21-20-57-19-18-56-17-16-48-37(51)15-13-35(41(48)54)49-26-32-31(40(49)53)10-7-11-33(32)45-43/h6-12,14,24-25,35,43H,13,15-23,26H2,1-5H3,(H,44,52). The van der Waals surface area contributed by atoms with Gasteiger partial charge in [-0.05, 0) is 60.7 Å². The van der Waals surface area contributed by atoms with Gasteiger partial charge in [-0.3, -0.25) is 24.1 Å². The number of anilines is 1. The predicted octanol–water partition coefficient (Wildman–Crippen LogP) is 5.40. The number of aromatic nitrogens is 3. The minimum atomic E-state index is -0.771. The van der Waals surface area contributed by atoms with Gasteiger partial charge in [-0.25, -0.2) is 10.2 Å². The fourth-order valence-electron chi connectivity index (χ4n) is 6.88. The Hall–Kier alpha value is -6.04. The second-order valence-corrected chi connectivity index (χ2v) is 15.0. The number of carbonyl (C=O) groups is 4. The zero-order valence-electron chi connectivity index (χ0n) is 34.0. The molecule has 2 aliphatic rings. The Kier molecular flexibility index (Phi) is 13.8. The number of imide groups is 1. The van der Waals surface area contributed by atoms with Crippen LogP contribution >= 0.6 is 0 Å². The molecule has 1 fully saturated rings. The third-order valence-corrected chi connectivity index (χ3v) is 10.1. The summed E-state index contributed by atoms with van der Waals surface area (Å²) in [5.74, 6) is -0.322. The predicted molar refractivity (Wildman–Crippen MR) is 215 cm³/mol. The molecule has 1 atom stereocenters. The number of hydrogen-bond acceptors (Lipinski definition) is 13. The first kappa shape index (κ1) is 42.6. The quantitative estimate of drug-likeness (QED) is 0.0698. The minimum Gasteiger partial charge on any atom is -0.497 e. The molecular formula is C42H50N8O9. The molecule has 2 aliphatic heterocycles. The van der Waals surface area contributed by atoms with Crippen molar-refractivity contribution in [2.45, 2.75) is 58.5 Å². The van der Waals surface area contributed by atoms with Crippen molar-refractivity contribution < 1.29 is 42.9 Å². The van der Waals surface area contributed by atoms with Gasteiger partial charge in [0.1, 0.15) is 24.1 Å². The highest BCUT2D eigenvalue weighted by atomic mass is 16.6. The number of carbonyl (C=O) groups excluding carboxylic acids is 4. The van der Waals surface area contributed by atoms with E-state index in [0.717, 1.165) is 10.5 Å². The molecule has 0 bridgehead atoms. The lowest BCUT2D eigenvalue weighted by Gasteiger charge is -2.35. The number of piperidine rings is 1. The van der Waals surface area contributed by atoms with Crippen LogP contribution in [0.25, 0.3) is 5.69 Å². The fourth-order valence-corrected chi connectivity index (χ4v) is 6.88. The molecule has 4 aromatic rings. The molecule has 3 heterocycles. The molecule has 1 saturated heterocycles. The van der Waals surface area contributed by atoms with Crippen LogP contribution in [-0.4, -0.2) is 114 Å². The molecule has 0 saturated carbocycles. The van der Waals surface area contributed by atoms with Gasteiger partial charge in [0.15, 0.2) is 5.69 Å². The first-order valence-corrected chi connectivity index (χ1v) is 19.4. The van der Waals surface area contributed by atoms with E-state index >= 15 is 0 Å². The summed E-state index contributed by atoms with van der Waals surface area (Å²) in [5, 5.41) is 14.8. The molecular weight excluding hydrogens is 761 g/mol. The largest absolute Gasteiger partial charge is 0.497 e. The second-order valence-electron chi connectivity index (χ2n) is 15.0. The number of hydrogen-bond donors (Lipinski definition) is 2. The van der Waals surface area contributed by atoms with E-state index in [9.17, 15) is 19.2 Å². The Labute approximate surface area is 342 Å². The van der Waals surface area contributed by atoms with Crippen LogP contribution in [0.5, 0.6) is 11.5 Å². The normalized spacial score (nSPS) is 15.4. The number of nitrogens with one attached hydrogen (secondary N) is 2. The monoisotopic (exact) mass is 810 g/mol. The molecule has 0 radical (unpaired) electrons. The summed E-state index contributed by atoms with van der Waals surface area (Å²) in [6, 6.07) is 17.2. The maximum Gasteiger partial charge on any atom is 0.278 e. The van der Waals surface area contributed by atoms with Gasteiger partial charge in [-0.15, -0.1) is 5.10 Å². The molecule has 1 aromatic heterocycles. The summed E-state index contributed by atoms with van der Waals surface area (Å²) in [4.78, 5) is 55.1. The van der Waals surface area contributed by atoms with Gasteiger partial charge < -0.3 is 33.9 Å². The Balaban J connectivity index is 0.895. The summed E-state index contributed by atoms with van der Waals surface area (Å²) < 4.78 is 29.9. The molecule has 1 unspecified atom stereocenters. The van der Waals surface area contributed by atoms with E-state index in [4.69, 9.17) is 29.2 Å². The van der Waals surface area contributed by atoms with Crippen LogP contribution in [0.15, 0.2) is 65.8 Å². The molecule has 17 nitrogen and oxygen atoms in total. The van der Waals surface area contributed by atoms with Crippen LogP contribution in [0, 0.1) is 12.5 Å². The number of rotatable bonds is 19. The molecule has 0 aliphatic carbocycles. The van der Waals surface area contributed by atoms with E-state index in [2.05, 4.69) is 41.5 Å². The molecule has 2 N–H and O–H groups in total. The maximum absolute atomic E-state index is 13.5. The SMILES string of the molecule is COc1cccc(-n2nnc(C(=O)Nc3cc(C(C)(C)C)ccc3OCCOCCOCCOCCN3C(=O)CCC(N4Cc5c(N=N)cccc5C4=O)C3=O)c2C)c1. The summed E-state index contributed by atoms with van der Waals surface area (Å²) in [6.07, 6.45) is 0.380. The lowest BCUT2D eigenvalue weighted by atomic mass is 9.87. The zero-order valence-corrected chi connectivity index (χ0v) is 34.0. The molecule has 3 aromatic carbocycles. The van der Waals surface area contributed by atoms with Gasteiger partial charge in [0.25, 0.3) is 17.7 Å². The second kappa shape index (κ2) is 19.1. The first-order valence-electron chi connectivity index (χ1n) is 19.4. The maximum atomic E-state index is 13.5. The summed E-state index contributed by atoms with van der Waals surface area (Å²) in [5.41, 5.74) is 11.6. The van der Waals surface area contributed by atoms with E-state index < -0.39 is 17.9 Å². The number of ether oxygens (including phenoxy) is 5. The third-order valence-electron chi connectivity index (χ3n) is 10.1. The van der Waals surface area contributed by atoms with E-state index in [0.29, 0.717) is 58.6 Å². The van der Waals surface area contributed by atoms with Crippen molar-refractivity contribution in [2.24, 2.45) is 5.11 Å². The summed E-state index contributed by atoms with van der Waals surface area (Å²) in [7, 11) is 1.58. The van der Waals surface area contributed by atoms with Crippen molar-refractivity contribution in [3.63, 3.8) is 0 Å². The molecule has 312 valence electrons. The molecule has 6 rings (SSSR count). The Bertz CT molecular complexity index is 2180. The zero-order chi connectivity index (χ0) is 42.1. The van der Waals surface area contributed by atoms with Crippen LogP contribution in [0.3, 0.4) is 0 Å². The van der Waals surface area contributed by atoms with Crippen LogP contribution in [0.2, 0.25) is 0 Å². The highest BCUT2D eigenvalue weighted by Gasteiger charge is 2.43. The van der Waals surface area contributed by atoms with E-state index in [1.807, 2.05) is 42.5 Å². The number of methoxy groups -OCH3 is 1. The van der Waals surface area contributed by atoms with Crippen LogP contribution in [-0.2, 0) is 35.8 Å². The number of fused-ring (bicyclic) bond motifs is 1. The van der Waals surface area contributed by atoms with Gasteiger partial charge in [-0.2, -0.15) is 5.11 Å². The van der Waals surface area contributed by atoms with Gasteiger partial charge in [0, 0.05) is 30.2 Å². The van der Waals surface area contributed by atoms with Gasteiger partial charge in [0.2, 0.25) is 5.91 Å². The molecule has 59 heavy (non-hydrogen) atoms. The van der Waals surface area contributed by atoms with E-state index in [1.54, 1.807) is 36.9 Å². The number of nitrogens with zero attached hydrogens (tertiary/aromatic N) is 6. The minimum absolute atomic E-state index is 0.0649. The summed E-state index contributed by atoms with van der Waals surface area (Å²) >= 11 is 0. The molecule has 0 spiro atoms. The van der Waals surface area contributed by atoms with Crippen molar-refractivity contribution in [1.82, 2.24) is 24.8 Å². The Morgan fingerprint density at radius 3 is 2.36 bits per heavy atom. The molecule has 17 heteroatoms. The van der Waals surface area contributed by atoms with E-state index in [1.165, 1.54) is 4.90 Å². The highest BCUT2D eigenvalue weighted by molar-refractivity contribution is 6.06. The van der Waals surface area contributed by atoms with Crippen molar-refractivity contribution in [1.29, 1.82) is 5.53 Å². The number of benzene rings is 3. The topological polar surface area (TPSA) is 200 Å². The van der Waals surface area contributed by atoms with Crippen molar-refractivity contribution >= 4 is 35.0 Å². The average Bonchev–Trinajstić information content (AvgIpc) is 3.78. The van der Waals surface area contributed by atoms with Crippen LogP contribution in [0.1, 0.15) is 71.3 Å². The van der Waals surface area contributed by atoms with E-state index in [-0.39, 0.29) is 81.9 Å². The Morgan fingerprint density at radius 2 is 1.64 bits per heavy atom. The smallest absolute Gasteiger partial charge is 0.278 e. The van der Waals surface area contributed by atoms with Crippen LogP contribution in [0.4, 0.5) is 11.4 Å². The van der Waals surface area contributed by atoms with Crippen molar-refractivity contribution in [3.05, 3.63) is 88.7 Å². The lowest BCUT2D eigenvalue weighted by molar-refractivity contribution is -0.153. The van der Waals surface area contributed by atoms with Crippen LogP contribution < -0.4 is 14.8 Å². The van der Waals surface area contributed by atoms with Gasteiger partial charge >= 0.3 is 0 Å². The van der Waals surface area contributed by atoms with Gasteiger partial charge in [-0.1, -0.05) is 44.2 Å². The average molecular weight is 811 g/mol. The molecule has 4 amide bonds. The lowest BCUT2D eigenvalue weighted by Crippen LogP contribution is -2.55. The summed E-state index contributed by atoms with van der Waals surface area (Å²) in [6.45, 7) is 10.0. The number of likely N-dealkylation sites (tertiary alicyclic amines) is 1. The fraction of sp³-hybridized carbons (Fsp3) is 0.429. The van der Waals surface area contributed by atoms with Crippen molar-refractivity contribution in [2.75, 3.05) is 65.2 Å². The van der Waals surface area contributed by atoms with Crippen molar-refractivity contribution in [3.8, 4) is 17.2 Å². The highest BCUT2D eigenvalue weighted by Crippen LogP contribution is 2.35. The third kappa shape index (κ3) is 9.99. The number of amides is 4. The van der Waals surface area contributed by atoms with Gasteiger partial charge in [0.05, 0.1) is 76.1 Å². The first-order chi connectivity index (χ1) is 28.4.